The number of Topliss-reactive ketones (excluding diaryl/α,β-unsaturated/α-hetero) is 1. The minimum absolute atomic E-state index is 0.0827. The van der Waals surface area contributed by atoms with Crippen LogP contribution in [0.15, 0.2) is 36.5 Å². The number of carbonyl (C=O) groups excluding carboxylic acids is 1. The number of benzene rings is 1. The highest BCUT2D eigenvalue weighted by molar-refractivity contribution is 7.88. The van der Waals surface area contributed by atoms with Crippen molar-refractivity contribution in [2.45, 2.75) is 19.4 Å². The molecular formula is C25H31N7O3S. The summed E-state index contributed by atoms with van der Waals surface area (Å²) < 4.78 is 27.1. The third-order valence-electron chi connectivity index (χ3n) is 7.73. The van der Waals surface area contributed by atoms with Crippen LogP contribution in [-0.2, 0) is 21.4 Å². The predicted octanol–water partition coefficient (Wildman–Crippen LogP) is 1.47. The summed E-state index contributed by atoms with van der Waals surface area (Å²) in [6.45, 7) is 4.47. The van der Waals surface area contributed by atoms with E-state index in [1.165, 1.54) is 10.6 Å². The Bertz CT molecular complexity index is 1400. The molecule has 2 aliphatic heterocycles. The van der Waals surface area contributed by atoms with Gasteiger partial charge in [0.15, 0.2) is 11.6 Å². The van der Waals surface area contributed by atoms with Gasteiger partial charge in [-0.2, -0.15) is 4.31 Å². The molecule has 190 valence electrons. The molecule has 0 spiro atoms. The van der Waals surface area contributed by atoms with Gasteiger partial charge in [0.05, 0.1) is 6.26 Å². The molecule has 6 rings (SSSR count). The molecule has 0 amide bonds. The lowest BCUT2D eigenvalue weighted by atomic mass is 9.97. The number of piperidine rings is 1. The molecule has 0 radical (unpaired) electrons. The first-order valence-electron chi connectivity index (χ1n) is 12.5. The van der Waals surface area contributed by atoms with Crippen LogP contribution >= 0.6 is 0 Å². The van der Waals surface area contributed by atoms with Crippen molar-refractivity contribution in [3.8, 4) is 11.4 Å². The number of nitrogen functional groups attached to an aromatic ring is 1. The van der Waals surface area contributed by atoms with Crippen LogP contribution < -0.4 is 10.6 Å². The van der Waals surface area contributed by atoms with Gasteiger partial charge in [0.25, 0.3) is 0 Å². The molecule has 1 aliphatic carbocycles. The first-order chi connectivity index (χ1) is 17.2. The Balaban J connectivity index is 1.33. The van der Waals surface area contributed by atoms with Crippen molar-refractivity contribution in [3.63, 3.8) is 0 Å². The maximum absolute atomic E-state index is 12.5. The maximum Gasteiger partial charge on any atom is 0.211 e. The average molecular weight is 510 g/mol. The van der Waals surface area contributed by atoms with E-state index in [0.717, 1.165) is 35.3 Å². The lowest BCUT2D eigenvalue weighted by Gasteiger charge is -2.33. The SMILES string of the molecule is CS(=O)(=O)N1CCN(Cc2cc3c(N4CC5CCC(C4)C5=O)nc(-c4ccc(N)cc4)nn3c2)CC1. The van der Waals surface area contributed by atoms with Gasteiger partial charge in [0.2, 0.25) is 10.0 Å². The number of ketones is 1. The van der Waals surface area contributed by atoms with Gasteiger partial charge in [-0.15, -0.1) is 5.10 Å². The number of hydrogen-bond acceptors (Lipinski definition) is 8. The van der Waals surface area contributed by atoms with Crippen molar-refractivity contribution in [1.82, 2.24) is 23.8 Å². The summed E-state index contributed by atoms with van der Waals surface area (Å²) in [7, 11) is -3.16. The molecular weight excluding hydrogens is 478 g/mol. The highest BCUT2D eigenvalue weighted by Gasteiger charge is 2.41. The smallest absolute Gasteiger partial charge is 0.211 e. The summed E-state index contributed by atoms with van der Waals surface area (Å²) >= 11 is 0. The number of aromatic nitrogens is 3. The Labute approximate surface area is 210 Å². The summed E-state index contributed by atoms with van der Waals surface area (Å²) in [4.78, 5) is 22.1. The monoisotopic (exact) mass is 509 g/mol. The number of nitrogens with zero attached hydrogens (tertiary/aromatic N) is 6. The van der Waals surface area contributed by atoms with Gasteiger partial charge in [0.1, 0.15) is 11.3 Å². The zero-order valence-corrected chi connectivity index (χ0v) is 21.2. The van der Waals surface area contributed by atoms with E-state index < -0.39 is 10.0 Å². The van der Waals surface area contributed by atoms with Gasteiger partial charge in [0, 0.05) is 75.1 Å². The van der Waals surface area contributed by atoms with E-state index in [4.69, 9.17) is 15.8 Å². The molecule has 1 saturated carbocycles. The standard InChI is InChI=1S/C25H31N7O3S/c1-36(34,35)31-10-8-29(9-11-31)13-17-12-22-25(30-15-19-2-3-20(16-30)23(19)33)27-24(28-32(22)14-17)18-4-6-21(26)7-5-18/h4-7,12,14,19-20H,2-3,8-11,13,15-16,26H2,1H3. The predicted molar refractivity (Wildman–Crippen MR) is 138 cm³/mol. The Morgan fingerprint density at radius 1 is 1.03 bits per heavy atom. The van der Waals surface area contributed by atoms with Crippen LogP contribution in [0, 0.1) is 11.8 Å². The average Bonchev–Trinajstić information content (AvgIpc) is 3.32. The van der Waals surface area contributed by atoms with Crippen molar-refractivity contribution in [2.75, 3.05) is 56.2 Å². The minimum atomic E-state index is -3.16. The molecule has 3 fully saturated rings. The molecule has 36 heavy (non-hydrogen) atoms. The lowest BCUT2D eigenvalue weighted by Crippen LogP contribution is -2.47. The Hall–Kier alpha value is -3.02. The molecule has 2 aromatic heterocycles. The number of anilines is 2. The van der Waals surface area contributed by atoms with E-state index in [1.54, 1.807) is 0 Å². The van der Waals surface area contributed by atoms with Crippen LogP contribution in [0.25, 0.3) is 16.9 Å². The van der Waals surface area contributed by atoms with Crippen LogP contribution in [0.3, 0.4) is 0 Å². The first-order valence-corrected chi connectivity index (χ1v) is 14.3. The van der Waals surface area contributed by atoms with Crippen LogP contribution in [0.1, 0.15) is 18.4 Å². The first kappa shape index (κ1) is 23.4. The van der Waals surface area contributed by atoms with E-state index >= 15 is 0 Å². The Kier molecular flexibility index (Phi) is 5.73. The topological polar surface area (TPSA) is 117 Å². The number of carbonyl (C=O) groups is 1. The third kappa shape index (κ3) is 4.35. The molecule has 2 unspecified atom stereocenters. The number of piperazine rings is 1. The summed E-state index contributed by atoms with van der Waals surface area (Å²) in [5.74, 6) is 2.04. The molecule has 2 atom stereocenters. The van der Waals surface area contributed by atoms with E-state index in [9.17, 15) is 13.2 Å². The zero-order chi connectivity index (χ0) is 25.0. The summed E-state index contributed by atoms with van der Waals surface area (Å²) in [6.07, 6.45) is 5.21. The highest BCUT2D eigenvalue weighted by atomic mass is 32.2. The molecule has 3 aromatic rings. The second kappa shape index (κ2) is 8.82. The lowest BCUT2D eigenvalue weighted by molar-refractivity contribution is -0.124. The Morgan fingerprint density at radius 3 is 2.33 bits per heavy atom. The molecule has 3 aliphatic rings. The molecule has 2 bridgehead atoms. The second-order valence-corrected chi connectivity index (χ2v) is 12.3. The van der Waals surface area contributed by atoms with Crippen molar-refractivity contribution in [1.29, 1.82) is 0 Å². The van der Waals surface area contributed by atoms with E-state index in [0.29, 0.717) is 63.1 Å². The molecule has 11 heteroatoms. The molecule has 10 nitrogen and oxygen atoms in total. The van der Waals surface area contributed by atoms with Gasteiger partial charge in [-0.25, -0.2) is 17.9 Å². The van der Waals surface area contributed by atoms with Crippen molar-refractivity contribution >= 4 is 32.8 Å². The number of rotatable bonds is 5. The fourth-order valence-electron chi connectivity index (χ4n) is 5.75. The van der Waals surface area contributed by atoms with Crippen LogP contribution in [0.5, 0.6) is 0 Å². The zero-order valence-electron chi connectivity index (χ0n) is 20.4. The van der Waals surface area contributed by atoms with Gasteiger partial charge in [-0.05, 0) is 48.7 Å². The molecule has 1 aromatic carbocycles. The molecule has 2 N–H and O–H groups in total. The van der Waals surface area contributed by atoms with Crippen molar-refractivity contribution in [3.05, 3.63) is 42.1 Å². The van der Waals surface area contributed by atoms with Gasteiger partial charge < -0.3 is 10.6 Å². The largest absolute Gasteiger partial charge is 0.399 e. The number of fused-ring (bicyclic) bond motifs is 3. The van der Waals surface area contributed by atoms with Crippen molar-refractivity contribution in [2.24, 2.45) is 11.8 Å². The summed E-state index contributed by atoms with van der Waals surface area (Å²) in [5, 5.41) is 4.82. The van der Waals surface area contributed by atoms with Crippen LogP contribution in [0.2, 0.25) is 0 Å². The van der Waals surface area contributed by atoms with Crippen LogP contribution in [0.4, 0.5) is 11.5 Å². The van der Waals surface area contributed by atoms with Gasteiger partial charge in [-0.1, -0.05) is 0 Å². The highest BCUT2D eigenvalue weighted by Crippen LogP contribution is 2.37. The molecule has 4 heterocycles. The fraction of sp³-hybridized carbons (Fsp3) is 0.480. The van der Waals surface area contributed by atoms with Crippen molar-refractivity contribution < 1.29 is 13.2 Å². The normalized spacial score (nSPS) is 23.6. The van der Waals surface area contributed by atoms with E-state index in [1.807, 2.05) is 35.0 Å². The van der Waals surface area contributed by atoms with Gasteiger partial charge >= 0.3 is 0 Å². The van der Waals surface area contributed by atoms with Crippen LogP contribution in [-0.4, -0.2) is 83.5 Å². The Morgan fingerprint density at radius 2 is 1.69 bits per heavy atom. The number of hydrogen-bond donors (Lipinski definition) is 1. The number of nitrogens with two attached hydrogens (primary N) is 1. The fourth-order valence-corrected chi connectivity index (χ4v) is 6.58. The third-order valence-corrected chi connectivity index (χ3v) is 9.03. The quantitative estimate of drug-likeness (QED) is 0.514. The second-order valence-electron chi connectivity index (χ2n) is 10.3. The maximum atomic E-state index is 12.5. The van der Waals surface area contributed by atoms with Gasteiger partial charge in [-0.3, -0.25) is 9.69 Å². The molecule has 2 saturated heterocycles. The summed E-state index contributed by atoms with van der Waals surface area (Å²) in [6, 6.07) is 9.67. The number of sulfonamides is 1. The minimum Gasteiger partial charge on any atom is -0.399 e. The van der Waals surface area contributed by atoms with E-state index in [-0.39, 0.29) is 11.8 Å². The van der Waals surface area contributed by atoms with E-state index in [2.05, 4.69) is 15.9 Å². The summed E-state index contributed by atoms with van der Waals surface area (Å²) in [5.41, 5.74) is 9.48.